The second kappa shape index (κ2) is 4.07. The van der Waals surface area contributed by atoms with Crippen molar-refractivity contribution in [3.8, 4) is 17.6 Å². The molecule has 1 rings (SSSR count). The van der Waals surface area contributed by atoms with Crippen molar-refractivity contribution in [2.75, 3.05) is 0 Å². The summed E-state index contributed by atoms with van der Waals surface area (Å²) in [5, 5.41) is 9.27. The molecule has 0 radical (unpaired) electrons. The number of rotatable bonds is 1. The molecule has 0 unspecified atom stereocenters. The van der Waals surface area contributed by atoms with E-state index < -0.39 is 0 Å². The maximum absolute atomic E-state index is 10.5. The van der Waals surface area contributed by atoms with Crippen LogP contribution in [0.1, 0.15) is 15.9 Å². The summed E-state index contributed by atoms with van der Waals surface area (Å²) < 4.78 is 0. The molecule has 0 atom stereocenters. The predicted molar refractivity (Wildman–Crippen MR) is 46.4 cm³/mol. The van der Waals surface area contributed by atoms with Gasteiger partial charge in [-0.3, -0.25) is 9.59 Å². The molecule has 1 N–H and O–H groups in total. The lowest BCUT2D eigenvalue weighted by Crippen LogP contribution is -1.87. The maximum atomic E-state index is 10.5. The SMILES string of the molecule is O=CC#Cc1c(O)cccc1C=O. The first-order valence-corrected chi connectivity index (χ1v) is 3.52. The van der Waals surface area contributed by atoms with Gasteiger partial charge in [0.1, 0.15) is 5.75 Å². The van der Waals surface area contributed by atoms with E-state index in [2.05, 4.69) is 11.8 Å². The molecule has 0 aliphatic heterocycles. The minimum absolute atomic E-state index is 0.0982. The maximum Gasteiger partial charge on any atom is 0.193 e. The third-order valence-corrected chi connectivity index (χ3v) is 1.46. The van der Waals surface area contributed by atoms with Crippen molar-refractivity contribution in [2.45, 2.75) is 0 Å². The molecule has 0 spiro atoms. The summed E-state index contributed by atoms with van der Waals surface area (Å²) >= 11 is 0. The minimum atomic E-state index is -0.0982. The van der Waals surface area contributed by atoms with Crippen molar-refractivity contribution < 1.29 is 14.7 Å². The molecule has 13 heavy (non-hydrogen) atoms. The van der Waals surface area contributed by atoms with Gasteiger partial charge in [-0.15, -0.1) is 0 Å². The molecule has 0 aliphatic rings. The highest BCUT2D eigenvalue weighted by Gasteiger charge is 2.02. The van der Waals surface area contributed by atoms with Gasteiger partial charge in [-0.2, -0.15) is 0 Å². The molecule has 3 nitrogen and oxygen atoms in total. The average molecular weight is 174 g/mol. The van der Waals surface area contributed by atoms with E-state index in [1.807, 2.05) is 0 Å². The minimum Gasteiger partial charge on any atom is -0.507 e. The number of carbonyl (C=O) groups is 2. The summed E-state index contributed by atoms with van der Waals surface area (Å²) in [6, 6.07) is 4.45. The van der Waals surface area contributed by atoms with Crippen molar-refractivity contribution in [1.82, 2.24) is 0 Å². The Bertz CT molecular complexity index is 396. The third-order valence-electron chi connectivity index (χ3n) is 1.46. The van der Waals surface area contributed by atoms with Crippen LogP contribution in [-0.4, -0.2) is 17.7 Å². The lowest BCUT2D eigenvalue weighted by atomic mass is 10.1. The van der Waals surface area contributed by atoms with Gasteiger partial charge >= 0.3 is 0 Å². The summed E-state index contributed by atoms with van der Waals surface area (Å²) in [6.07, 6.45) is 0.982. The highest BCUT2D eigenvalue weighted by atomic mass is 16.3. The number of aromatic hydroxyl groups is 1. The fourth-order valence-electron chi connectivity index (χ4n) is 0.894. The molecule has 3 heteroatoms. The molecular weight excluding hydrogens is 168 g/mol. The standard InChI is InChI=1S/C10H6O3/c11-6-2-4-9-8(7-12)3-1-5-10(9)13/h1,3,5-7,13H. The number of phenolic OH excluding ortho intramolecular Hbond substituents is 1. The Balaban J connectivity index is 3.30. The van der Waals surface area contributed by atoms with Crippen LogP contribution in [0.25, 0.3) is 0 Å². The molecule has 0 amide bonds. The first-order valence-electron chi connectivity index (χ1n) is 3.52. The lowest BCUT2D eigenvalue weighted by molar-refractivity contribution is -0.103. The number of hydrogen-bond acceptors (Lipinski definition) is 3. The zero-order valence-electron chi connectivity index (χ0n) is 6.65. The molecule has 0 saturated carbocycles. The van der Waals surface area contributed by atoms with Gasteiger partial charge in [0.25, 0.3) is 0 Å². The van der Waals surface area contributed by atoms with Gasteiger partial charge in [-0.1, -0.05) is 18.1 Å². The molecule has 1 aromatic rings. The van der Waals surface area contributed by atoms with E-state index in [1.165, 1.54) is 18.2 Å². The van der Waals surface area contributed by atoms with E-state index in [4.69, 9.17) is 0 Å². The Morgan fingerprint density at radius 3 is 2.69 bits per heavy atom. The van der Waals surface area contributed by atoms with E-state index in [-0.39, 0.29) is 16.9 Å². The monoisotopic (exact) mass is 174 g/mol. The summed E-state index contributed by atoms with van der Waals surface area (Å²) in [5.41, 5.74) is 0.457. The van der Waals surface area contributed by atoms with Crippen LogP contribution in [0.2, 0.25) is 0 Å². The van der Waals surface area contributed by atoms with Gasteiger partial charge in [-0.05, 0) is 12.0 Å². The summed E-state index contributed by atoms with van der Waals surface area (Å²) in [7, 11) is 0. The predicted octanol–water partition coefficient (Wildman–Crippen LogP) is 0.755. The van der Waals surface area contributed by atoms with Crippen LogP contribution < -0.4 is 0 Å². The van der Waals surface area contributed by atoms with Gasteiger partial charge in [0, 0.05) is 5.56 Å². The molecule has 0 bridgehead atoms. The van der Waals surface area contributed by atoms with E-state index in [9.17, 15) is 14.7 Å². The van der Waals surface area contributed by atoms with Crippen LogP contribution in [-0.2, 0) is 4.79 Å². The number of benzene rings is 1. The quantitative estimate of drug-likeness (QED) is 0.505. The number of aldehydes is 2. The highest BCUT2D eigenvalue weighted by molar-refractivity contribution is 5.83. The molecule has 0 aromatic heterocycles. The Kier molecular flexibility index (Phi) is 2.82. The Hall–Kier alpha value is -2.08. The van der Waals surface area contributed by atoms with Gasteiger partial charge in [0.15, 0.2) is 12.6 Å². The summed E-state index contributed by atoms with van der Waals surface area (Å²) in [6.45, 7) is 0. The van der Waals surface area contributed by atoms with Crippen LogP contribution in [0, 0.1) is 11.8 Å². The van der Waals surface area contributed by atoms with Gasteiger partial charge in [0.05, 0.1) is 5.56 Å². The lowest BCUT2D eigenvalue weighted by Gasteiger charge is -1.98. The van der Waals surface area contributed by atoms with Gasteiger partial charge < -0.3 is 5.11 Å². The molecular formula is C10H6O3. The zero-order chi connectivity index (χ0) is 9.68. The third kappa shape index (κ3) is 1.94. The summed E-state index contributed by atoms with van der Waals surface area (Å²) in [4.78, 5) is 20.4. The molecule has 0 heterocycles. The van der Waals surface area contributed by atoms with Crippen LogP contribution in [0.15, 0.2) is 18.2 Å². The second-order valence-electron chi connectivity index (χ2n) is 2.25. The molecule has 0 fully saturated rings. The fraction of sp³-hybridized carbons (Fsp3) is 0. The number of carbonyl (C=O) groups excluding carboxylic acids is 2. The molecule has 0 saturated heterocycles. The van der Waals surface area contributed by atoms with Gasteiger partial charge in [0.2, 0.25) is 0 Å². The smallest absolute Gasteiger partial charge is 0.193 e. The van der Waals surface area contributed by atoms with E-state index >= 15 is 0 Å². The van der Waals surface area contributed by atoms with E-state index in [0.717, 1.165) is 0 Å². The van der Waals surface area contributed by atoms with Crippen molar-refractivity contribution >= 4 is 12.6 Å². The topological polar surface area (TPSA) is 54.4 Å². The first-order chi connectivity index (χ1) is 6.29. The van der Waals surface area contributed by atoms with Crippen molar-refractivity contribution in [3.05, 3.63) is 29.3 Å². The molecule has 1 aromatic carbocycles. The first kappa shape index (κ1) is 9.01. The Labute approximate surface area is 75.0 Å². The van der Waals surface area contributed by atoms with Crippen LogP contribution in [0.5, 0.6) is 5.75 Å². The largest absolute Gasteiger partial charge is 0.507 e. The van der Waals surface area contributed by atoms with Crippen LogP contribution >= 0.6 is 0 Å². The van der Waals surface area contributed by atoms with E-state index in [1.54, 1.807) is 0 Å². The van der Waals surface area contributed by atoms with Crippen molar-refractivity contribution in [3.63, 3.8) is 0 Å². The average Bonchev–Trinajstić information content (AvgIpc) is 2.15. The molecule has 0 aliphatic carbocycles. The van der Waals surface area contributed by atoms with Crippen LogP contribution in [0.3, 0.4) is 0 Å². The van der Waals surface area contributed by atoms with Gasteiger partial charge in [-0.25, -0.2) is 0 Å². The normalized spacial score (nSPS) is 8.31. The Morgan fingerprint density at radius 2 is 2.08 bits per heavy atom. The zero-order valence-corrected chi connectivity index (χ0v) is 6.65. The van der Waals surface area contributed by atoms with Crippen molar-refractivity contribution in [2.24, 2.45) is 0 Å². The number of phenols is 1. The van der Waals surface area contributed by atoms with E-state index in [0.29, 0.717) is 12.6 Å². The number of hydrogen-bond donors (Lipinski definition) is 1. The van der Waals surface area contributed by atoms with Crippen LogP contribution in [0.4, 0.5) is 0 Å². The highest BCUT2D eigenvalue weighted by Crippen LogP contribution is 2.17. The molecule has 64 valence electrons. The van der Waals surface area contributed by atoms with Crippen molar-refractivity contribution in [1.29, 1.82) is 0 Å². The Morgan fingerprint density at radius 1 is 1.31 bits per heavy atom. The summed E-state index contributed by atoms with van der Waals surface area (Å²) in [5.74, 6) is 4.42. The second-order valence-corrected chi connectivity index (χ2v) is 2.25. The fourth-order valence-corrected chi connectivity index (χ4v) is 0.894.